The Morgan fingerprint density at radius 1 is 1.17 bits per heavy atom. The number of carbonyl (C=O) groups excluding carboxylic acids is 1. The molecule has 1 saturated carbocycles. The zero-order chi connectivity index (χ0) is 13.5. The van der Waals surface area contributed by atoms with Crippen LogP contribution >= 0.6 is 0 Å². The summed E-state index contributed by atoms with van der Waals surface area (Å²) in [7, 11) is 1.51. The van der Waals surface area contributed by atoms with Crippen LogP contribution in [0.15, 0.2) is 0 Å². The van der Waals surface area contributed by atoms with Crippen LogP contribution in [-0.4, -0.2) is 35.6 Å². The van der Waals surface area contributed by atoms with Crippen molar-refractivity contribution in [3.8, 4) is 0 Å². The second-order valence-electron chi connectivity index (χ2n) is 6.47. The Morgan fingerprint density at radius 2 is 1.67 bits per heavy atom. The average Bonchev–Trinajstić information content (AvgIpc) is 2.75. The van der Waals surface area contributed by atoms with E-state index in [-0.39, 0.29) is 17.6 Å². The van der Waals surface area contributed by atoms with Crippen LogP contribution in [-0.2, 0) is 9.53 Å². The van der Waals surface area contributed by atoms with E-state index < -0.39 is 0 Å². The highest BCUT2D eigenvalue weighted by atomic mass is 16.5. The summed E-state index contributed by atoms with van der Waals surface area (Å²) >= 11 is 0. The van der Waals surface area contributed by atoms with Gasteiger partial charge in [-0.3, -0.25) is 9.69 Å². The Balaban J connectivity index is 2.27. The lowest BCUT2D eigenvalue weighted by Gasteiger charge is -2.28. The molecule has 0 aromatic carbocycles. The van der Waals surface area contributed by atoms with Crippen LogP contribution in [0.5, 0.6) is 0 Å². The lowest BCUT2D eigenvalue weighted by molar-refractivity contribution is -0.141. The van der Waals surface area contributed by atoms with Gasteiger partial charge in [0.2, 0.25) is 0 Å². The van der Waals surface area contributed by atoms with Crippen LogP contribution in [0.1, 0.15) is 53.4 Å². The molecule has 0 amide bonds. The second-order valence-corrected chi connectivity index (χ2v) is 6.47. The van der Waals surface area contributed by atoms with Crippen molar-refractivity contribution >= 4 is 5.97 Å². The van der Waals surface area contributed by atoms with Gasteiger partial charge in [0.1, 0.15) is 6.04 Å². The summed E-state index contributed by atoms with van der Waals surface area (Å²) in [5, 5.41) is 0. The van der Waals surface area contributed by atoms with Gasteiger partial charge in [-0.2, -0.15) is 0 Å². The van der Waals surface area contributed by atoms with Gasteiger partial charge in [-0.1, -0.05) is 40.5 Å². The third kappa shape index (κ3) is 1.78. The maximum absolute atomic E-state index is 12.1. The molecule has 1 heterocycles. The van der Waals surface area contributed by atoms with Gasteiger partial charge in [-0.25, -0.2) is 0 Å². The second kappa shape index (κ2) is 4.84. The topological polar surface area (TPSA) is 29.3 Å². The van der Waals surface area contributed by atoms with E-state index in [4.69, 9.17) is 4.74 Å². The average molecular weight is 253 g/mol. The van der Waals surface area contributed by atoms with E-state index in [1.165, 1.54) is 32.8 Å². The molecular formula is C15H27NO2. The van der Waals surface area contributed by atoms with E-state index in [1.54, 1.807) is 0 Å². The van der Waals surface area contributed by atoms with E-state index >= 15 is 0 Å². The maximum atomic E-state index is 12.1. The van der Waals surface area contributed by atoms with Gasteiger partial charge in [-0.05, 0) is 24.7 Å². The Labute approximate surface area is 111 Å². The number of methoxy groups -OCH3 is 1. The van der Waals surface area contributed by atoms with Gasteiger partial charge < -0.3 is 4.74 Å². The molecule has 1 aliphatic heterocycles. The minimum absolute atomic E-state index is 0.00870. The molecule has 2 atom stereocenters. The summed E-state index contributed by atoms with van der Waals surface area (Å²) in [4.78, 5) is 14.6. The Kier molecular flexibility index (Phi) is 3.72. The predicted molar refractivity (Wildman–Crippen MR) is 72.3 cm³/mol. The first-order chi connectivity index (χ1) is 8.47. The zero-order valence-corrected chi connectivity index (χ0v) is 12.4. The van der Waals surface area contributed by atoms with Gasteiger partial charge in [-0.15, -0.1) is 0 Å². The first kappa shape index (κ1) is 13.9. The molecular weight excluding hydrogens is 226 g/mol. The third-order valence-electron chi connectivity index (χ3n) is 5.09. The van der Waals surface area contributed by atoms with Gasteiger partial charge in [0.25, 0.3) is 0 Å². The third-order valence-corrected chi connectivity index (χ3v) is 5.09. The van der Waals surface area contributed by atoms with Crippen LogP contribution in [0.2, 0.25) is 0 Å². The number of carbonyl (C=O) groups is 1. The summed E-state index contributed by atoms with van der Waals surface area (Å²) in [6.07, 6.45) is 5.10. The van der Waals surface area contributed by atoms with E-state index in [2.05, 4.69) is 32.6 Å². The van der Waals surface area contributed by atoms with Crippen LogP contribution in [0.25, 0.3) is 0 Å². The van der Waals surface area contributed by atoms with Gasteiger partial charge >= 0.3 is 5.97 Å². The smallest absolute Gasteiger partial charge is 0.325 e. The predicted octanol–water partition coefficient (Wildman–Crippen LogP) is 2.84. The summed E-state index contributed by atoms with van der Waals surface area (Å²) in [5.41, 5.74) is 0.0299. The molecule has 2 unspecified atom stereocenters. The van der Waals surface area contributed by atoms with Gasteiger partial charge in [0.15, 0.2) is 0 Å². The largest absolute Gasteiger partial charge is 0.468 e. The van der Waals surface area contributed by atoms with Crippen molar-refractivity contribution in [1.29, 1.82) is 0 Å². The van der Waals surface area contributed by atoms with E-state index in [1.807, 2.05) is 0 Å². The quantitative estimate of drug-likeness (QED) is 0.570. The molecule has 3 heteroatoms. The van der Waals surface area contributed by atoms with E-state index in [9.17, 15) is 4.79 Å². The fourth-order valence-electron chi connectivity index (χ4n) is 4.36. The van der Waals surface area contributed by atoms with Crippen molar-refractivity contribution < 1.29 is 9.53 Å². The normalized spacial score (nSPS) is 31.1. The van der Waals surface area contributed by atoms with Gasteiger partial charge in [0.05, 0.1) is 12.6 Å². The van der Waals surface area contributed by atoms with Crippen molar-refractivity contribution in [3.05, 3.63) is 0 Å². The fourth-order valence-corrected chi connectivity index (χ4v) is 4.36. The van der Waals surface area contributed by atoms with Crippen molar-refractivity contribution in [1.82, 2.24) is 4.90 Å². The Morgan fingerprint density at radius 3 is 2.06 bits per heavy atom. The molecule has 0 aromatic heterocycles. The van der Waals surface area contributed by atoms with Crippen LogP contribution in [0.4, 0.5) is 0 Å². The molecule has 2 aliphatic rings. The highest BCUT2D eigenvalue weighted by molar-refractivity contribution is 5.82. The van der Waals surface area contributed by atoms with Crippen LogP contribution in [0, 0.1) is 11.8 Å². The standard InChI is InChI=1S/C15H27NO2/c1-10(2)15(11(3)4)13(14(17)18-5)16(15)12-8-6-7-9-12/h10-13H,6-9H2,1-5H3. The molecule has 1 aliphatic carbocycles. The van der Waals surface area contributed by atoms with Crippen LogP contribution in [0.3, 0.4) is 0 Å². The molecule has 2 fully saturated rings. The van der Waals surface area contributed by atoms with Gasteiger partial charge in [0, 0.05) is 6.04 Å². The molecule has 0 aromatic rings. The molecule has 0 N–H and O–H groups in total. The zero-order valence-electron chi connectivity index (χ0n) is 12.4. The Bertz CT molecular complexity index is 310. The molecule has 0 spiro atoms. The van der Waals surface area contributed by atoms with Crippen molar-refractivity contribution in [2.75, 3.05) is 7.11 Å². The lowest BCUT2D eigenvalue weighted by atomic mass is 9.81. The fraction of sp³-hybridized carbons (Fsp3) is 0.933. The van der Waals surface area contributed by atoms with E-state index in [0.29, 0.717) is 17.9 Å². The number of hydrogen-bond acceptors (Lipinski definition) is 3. The molecule has 0 bridgehead atoms. The molecule has 18 heavy (non-hydrogen) atoms. The molecule has 2 rings (SSSR count). The minimum atomic E-state index is -0.0377. The number of nitrogens with zero attached hydrogens (tertiary/aromatic N) is 1. The van der Waals surface area contributed by atoms with Crippen molar-refractivity contribution in [3.63, 3.8) is 0 Å². The summed E-state index contributed by atoms with van der Waals surface area (Å²) in [6.45, 7) is 8.96. The number of esters is 1. The lowest BCUT2D eigenvalue weighted by Crippen LogP contribution is -2.36. The van der Waals surface area contributed by atoms with E-state index in [0.717, 1.165) is 0 Å². The Hall–Kier alpha value is -0.570. The minimum Gasteiger partial charge on any atom is -0.468 e. The highest BCUT2D eigenvalue weighted by Crippen LogP contribution is 2.56. The number of ether oxygens (including phenoxy) is 1. The summed E-state index contributed by atoms with van der Waals surface area (Å²) in [5.74, 6) is 0.939. The number of hydrogen-bond donors (Lipinski definition) is 0. The van der Waals surface area contributed by atoms with Crippen molar-refractivity contribution in [2.45, 2.75) is 71.0 Å². The molecule has 3 nitrogen and oxygen atoms in total. The van der Waals surface area contributed by atoms with Crippen LogP contribution < -0.4 is 0 Å². The first-order valence-corrected chi connectivity index (χ1v) is 7.34. The highest BCUT2D eigenvalue weighted by Gasteiger charge is 2.71. The number of rotatable bonds is 4. The van der Waals surface area contributed by atoms with Crippen molar-refractivity contribution in [2.24, 2.45) is 11.8 Å². The monoisotopic (exact) mass is 253 g/mol. The first-order valence-electron chi connectivity index (χ1n) is 7.34. The SMILES string of the molecule is COC(=O)C1N(C2CCCC2)C1(C(C)C)C(C)C. The maximum Gasteiger partial charge on any atom is 0.325 e. The summed E-state index contributed by atoms with van der Waals surface area (Å²) in [6, 6.07) is 0.587. The molecule has 104 valence electrons. The molecule has 1 saturated heterocycles. The summed E-state index contributed by atoms with van der Waals surface area (Å²) < 4.78 is 5.04. The molecule has 0 radical (unpaired) electrons.